The molecule has 1 N–H and O–H groups in total. The van der Waals surface area contributed by atoms with Crippen molar-refractivity contribution < 1.29 is 4.42 Å². The summed E-state index contributed by atoms with van der Waals surface area (Å²) in [4.78, 5) is 2.33. The largest absolute Gasteiger partial charge is 0.407 e. The molecule has 0 atom stereocenters. The van der Waals surface area contributed by atoms with Crippen LogP contribution in [-0.4, -0.2) is 29.3 Å². The molecule has 0 radical (unpaired) electrons. The molecule has 0 aliphatic heterocycles. The maximum Gasteiger partial charge on any atom is 0.318 e. The summed E-state index contributed by atoms with van der Waals surface area (Å²) >= 11 is 0. The lowest BCUT2D eigenvalue weighted by atomic mass is 10.2. The van der Waals surface area contributed by atoms with Gasteiger partial charge in [0.15, 0.2) is 0 Å². The molecule has 1 aromatic rings. The molecule has 2 aliphatic rings. The van der Waals surface area contributed by atoms with Crippen LogP contribution in [0.3, 0.4) is 0 Å². The van der Waals surface area contributed by atoms with Crippen LogP contribution >= 0.6 is 0 Å². The van der Waals surface area contributed by atoms with Gasteiger partial charge in [-0.1, -0.05) is 18.9 Å². The van der Waals surface area contributed by atoms with Crippen molar-refractivity contribution in [2.75, 3.05) is 18.0 Å². The van der Waals surface area contributed by atoms with Crippen molar-refractivity contribution in [3.63, 3.8) is 0 Å². The van der Waals surface area contributed by atoms with Gasteiger partial charge in [0.2, 0.25) is 5.89 Å². The summed E-state index contributed by atoms with van der Waals surface area (Å²) in [5.74, 6) is 2.20. The maximum atomic E-state index is 5.80. The normalized spacial score (nSPS) is 19.1. The molecule has 0 aromatic carbocycles. The predicted octanol–water partition coefficient (Wildman–Crippen LogP) is 2.19. The third-order valence-corrected chi connectivity index (χ3v) is 3.67. The molecule has 106 valence electrons. The third-order valence-electron chi connectivity index (χ3n) is 3.67. The van der Waals surface area contributed by atoms with E-state index in [1.807, 2.05) is 0 Å². The molecule has 3 rings (SSSR count). The van der Waals surface area contributed by atoms with Gasteiger partial charge in [0, 0.05) is 12.6 Å². The van der Waals surface area contributed by atoms with Crippen LogP contribution in [-0.2, 0) is 6.54 Å². The van der Waals surface area contributed by atoms with Crippen molar-refractivity contribution in [1.82, 2.24) is 15.5 Å². The van der Waals surface area contributed by atoms with E-state index in [9.17, 15) is 0 Å². The topological polar surface area (TPSA) is 54.2 Å². The zero-order valence-corrected chi connectivity index (χ0v) is 11.9. The van der Waals surface area contributed by atoms with Crippen molar-refractivity contribution in [1.29, 1.82) is 0 Å². The van der Waals surface area contributed by atoms with Gasteiger partial charge in [0.05, 0.1) is 6.54 Å². The van der Waals surface area contributed by atoms with Crippen LogP contribution in [0.4, 0.5) is 6.01 Å². The molecule has 2 saturated carbocycles. The van der Waals surface area contributed by atoms with Gasteiger partial charge in [-0.25, -0.2) is 0 Å². The van der Waals surface area contributed by atoms with E-state index in [-0.39, 0.29) is 0 Å². The Morgan fingerprint density at radius 1 is 1.26 bits per heavy atom. The predicted molar refractivity (Wildman–Crippen MR) is 73.9 cm³/mol. The number of hydrogen-bond donors (Lipinski definition) is 1. The lowest BCUT2D eigenvalue weighted by molar-refractivity contribution is 0.444. The number of rotatable bonds is 8. The number of hydrogen-bond acceptors (Lipinski definition) is 5. The molecular formula is C14H24N4O. The smallest absolute Gasteiger partial charge is 0.318 e. The average Bonchev–Trinajstić information content (AvgIpc) is 3.26. The van der Waals surface area contributed by atoms with Gasteiger partial charge >= 0.3 is 6.01 Å². The Bertz CT molecular complexity index is 409. The molecule has 0 saturated heterocycles. The highest BCUT2D eigenvalue weighted by atomic mass is 16.4. The Morgan fingerprint density at radius 3 is 2.68 bits per heavy atom. The first kappa shape index (κ1) is 12.9. The Morgan fingerprint density at radius 2 is 2.05 bits per heavy atom. The minimum Gasteiger partial charge on any atom is -0.407 e. The van der Waals surface area contributed by atoms with Crippen LogP contribution in [0.2, 0.25) is 0 Å². The quantitative estimate of drug-likeness (QED) is 0.780. The van der Waals surface area contributed by atoms with Crippen LogP contribution < -0.4 is 10.2 Å². The summed E-state index contributed by atoms with van der Waals surface area (Å²) in [5.41, 5.74) is 0. The van der Waals surface area contributed by atoms with Crippen molar-refractivity contribution in [3.05, 3.63) is 5.89 Å². The highest BCUT2D eigenvalue weighted by Gasteiger charge is 2.36. The highest BCUT2D eigenvalue weighted by Crippen LogP contribution is 2.37. The molecule has 0 amide bonds. The summed E-state index contributed by atoms with van der Waals surface area (Å²) in [6.45, 7) is 7.14. The summed E-state index contributed by atoms with van der Waals surface area (Å²) in [5, 5.41) is 11.7. The Hall–Kier alpha value is -1.10. The molecule has 5 nitrogen and oxygen atoms in total. The molecule has 1 aromatic heterocycles. The van der Waals surface area contributed by atoms with Crippen molar-refractivity contribution in [2.24, 2.45) is 11.8 Å². The fourth-order valence-electron chi connectivity index (χ4n) is 2.25. The average molecular weight is 264 g/mol. The molecule has 1 heterocycles. The Labute approximate surface area is 114 Å². The second-order valence-electron chi connectivity index (χ2n) is 6.33. The van der Waals surface area contributed by atoms with Crippen molar-refractivity contribution in [2.45, 2.75) is 52.1 Å². The van der Waals surface area contributed by atoms with E-state index in [1.54, 1.807) is 0 Å². The fourth-order valence-corrected chi connectivity index (χ4v) is 2.25. The fraction of sp³-hybridized carbons (Fsp3) is 0.857. The second-order valence-corrected chi connectivity index (χ2v) is 6.33. The molecule has 0 bridgehead atoms. The monoisotopic (exact) mass is 264 g/mol. The van der Waals surface area contributed by atoms with E-state index in [1.165, 1.54) is 25.7 Å². The van der Waals surface area contributed by atoms with Gasteiger partial charge in [-0.3, -0.25) is 0 Å². The second kappa shape index (κ2) is 5.49. The molecule has 0 unspecified atom stereocenters. The van der Waals surface area contributed by atoms with E-state index >= 15 is 0 Å². The standard InChI is InChI=1S/C14H24N4O/c1-10(2)7-15-8-13-16-17-14(19-13)18(12-5-6-12)9-11-3-4-11/h10-12,15H,3-9H2,1-2H3. The summed E-state index contributed by atoms with van der Waals surface area (Å²) in [7, 11) is 0. The van der Waals surface area contributed by atoms with Gasteiger partial charge in [-0.15, -0.1) is 5.10 Å². The van der Waals surface area contributed by atoms with Crippen LogP contribution in [0.25, 0.3) is 0 Å². The van der Waals surface area contributed by atoms with Crippen LogP contribution in [0.1, 0.15) is 45.4 Å². The molecule has 0 spiro atoms. The first-order chi connectivity index (χ1) is 9.22. The van der Waals surface area contributed by atoms with E-state index in [0.29, 0.717) is 24.4 Å². The van der Waals surface area contributed by atoms with E-state index in [0.717, 1.165) is 25.0 Å². The summed E-state index contributed by atoms with van der Waals surface area (Å²) in [6, 6.07) is 1.38. The van der Waals surface area contributed by atoms with Gasteiger partial charge in [-0.05, 0) is 44.1 Å². The minimum absolute atomic E-state index is 0.639. The van der Waals surface area contributed by atoms with E-state index < -0.39 is 0 Å². The summed E-state index contributed by atoms with van der Waals surface area (Å²) in [6.07, 6.45) is 5.27. The zero-order valence-electron chi connectivity index (χ0n) is 11.9. The number of nitrogens with zero attached hydrogens (tertiary/aromatic N) is 3. The van der Waals surface area contributed by atoms with Gasteiger partial charge in [0.25, 0.3) is 0 Å². The van der Waals surface area contributed by atoms with Crippen LogP contribution in [0, 0.1) is 11.8 Å². The van der Waals surface area contributed by atoms with Crippen molar-refractivity contribution in [3.8, 4) is 0 Å². The molecular weight excluding hydrogens is 240 g/mol. The van der Waals surface area contributed by atoms with E-state index in [2.05, 4.69) is 34.3 Å². The lowest BCUT2D eigenvalue weighted by Crippen LogP contribution is -2.28. The lowest BCUT2D eigenvalue weighted by Gasteiger charge is -2.18. The number of aromatic nitrogens is 2. The Kier molecular flexibility index (Phi) is 3.73. The van der Waals surface area contributed by atoms with Crippen LogP contribution in [0.5, 0.6) is 0 Å². The van der Waals surface area contributed by atoms with Crippen molar-refractivity contribution >= 4 is 6.01 Å². The first-order valence-electron chi connectivity index (χ1n) is 7.52. The molecule has 5 heteroatoms. The van der Waals surface area contributed by atoms with Crippen LogP contribution in [0.15, 0.2) is 4.42 Å². The number of nitrogens with one attached hydrogen (secondary N) is 1. The first-order valence-corrected chi connectivity index (χ1v) is 7.52. The number of anilines is 1. The van der Waals surface area contributed by atoms with Gasteiger partial charge < -0.3 is 14.6 Å². The molecule has 2 fully saturated rings. The van der Waals surface area contributed by atoms with Gasteiger partial charge in [0.1, 0.15) is 0 Å². The molecule has 2 aliphatic carbocycles. The van der Waals surface area contributed by atoms with Gasteiger partial charge in [-0.2, -0.15) is 0 Å². The highest BCUT2D eigenvalue weighted by molar-refractivity contribution is 5.30. The minimum atomic E-state index is 0.639. The zero-order chi connectivity index (χ0) is 13.2. The maximum absolute atomic E-state index is 5.80. The molecule has 19 heavy (non-hydrogen) atoms. The van der Waals surface area contributed by atoms with E-state index in [4.69, 9.17) is 4.42 Å². The summed E-state index contributed by atoms with van der Waals surface area (Å²) < 4.78 is 5.80. The third kappa shape index (κ3) is 3.69. The SMILES string of the molecule is CC(C)CNCc1nnc(N(CC2CC2)C2CC2)o1. The Balaban J connectivity index is 1.55.